The molecule has 2 amide bonds. The number of aliphatic hydroxyl groups excluding tert-OH is 1. The highest BCUT2D eigenvalue weighted by atomic mass is 16.3. The lowest BCUT2D eigenvalue weighted by Crippen LogP contribution is -2.51. The average molecular weight is 464 g/mol. The number of aromatic nitrogens is 1. The van der Waals surface area contributed by atoms with Crippen LogP contribution in [0, 0.1) is 0 Å². The molecular formula is C26H33N5O3. The Bertz CT molecular complexity index is 1070. The molecule has 0 bridgehead atoms. The molecule has 1 aromatic heterocycles. The van der Waals surface area contributed by atoms with Gasteiger partial charge in [-0.25, -0.2) is 4.98 Å². The van der Waals surface area contributed by atoms with E-state index in [9.17, 15) is 14.7 Å². The monoisotopic (exact) mass is 463 g/mol. The van der Waals surface area contributed by atoms with Gasteiger partial charge in [0.15, 0.2) is 0 Å². The van der Waals surface area contributed by atoms with Crippen LogP contribution in [0.15, 0.2) is 36.5 Å². The van der Waals surface area contributed by atoms with Crippen LogP contribution in [0.3, 0.4) is 0 Å². The number of carbonyl (C=O) groups excluding carboxylic acids is 2. The SMILES string of the molecule is CC(=O)N1CCC(Nc2cc3c(cn2)CCN(C[C@@H](O)[C@@H]2Cc4ccccc4CN2)C3=O)CC1. The van der Waals surface area contributed by atoms with Gasteiger partial charge in [0.1, 0.15) is 5.82 Å². The van der Waals surface area contributed by atoms with Crippen molar-refractivity contribution in [2.24, 2.45) is 0 Å². The van der Waals surface area contributed by atoms with E-state index in [2.05, 4.69) is 27.8 Å². The molecule has 3 aliphatic heterocycles. The van der Waals surface area contributed by atoms with Crippen LogP contribution in [0.5, 0.6) is 0 Å². The molecule has 1 saturated heterocycles. The summed E-state index contributed by atoms with van der Waals surface area (Å²) < 4.78 is 0. The predicted octanol–water partition coefficient (Wildman–Crippen LogP) is 1.58. The lowest BCUT2D eigenvalue weighted by atomic mass is 9.92. The molecule has 0 spiro atoms. The fraction of sp³-hybridized carbons (Fsp3) is 0.500. The molecule has 0 aliphatic carbocycles. The zero-order valence-electron chi connectivity index (χ0n) is 19.7. The van der Waals surface area contributed by atoms with Crippen molar-refractivity contribution in [2.45, 2.75) is 57.3 Å². The van der Waals surface area contributed by atoms with E-state index in [1.54, 1.807) is 18.0 Å². The second-order valence-corrected chi connectivity index (χ2v) is 9.68. The topological polar surface area (TPSA) is 97.8 Å². The number of hydrogen-bond acceptors (Lipinski definition) is 6. The Morgan fingerprint density at radius 1 is 1.21 bits per heavy atom. The van der Waals surface area contributed by atoms with E-state index in [4.69, 9.17) is 0 Å². The van der Waals surface area contributed by atoms with Crippen molar-refractivity contribution >= 4 is 17.6 Å². The second kappa shape index (κ2) is 9.72. The molecule has 2 atom stereocenters. The maximum atomic E-state index is 13.3. The summed E-state index contributed by atoms with van der Waals surface area (Å²) in [7, 11) is 0. The summed E-state index contributed by atoms with van der Waals surface area (Å²) in [5, 5.41) is 17.8. The highest BCUT2D eigenvalue weighted by Crippen LogP contribution is 2.24. The Kier molecular flexibility index (Phi) is 6.52. The summed E-state index contributed by atoms with van der Waals surface area (Å²) in [4.78, 5) is 33.0. The first-order chi connectivity index (χ1) is 16.5. The lowest BCUT2D eigenvalue weighted by Gasteiger charge is -2.35. The zero-order chi connectivity index (χ0) is 23.7. The van der Waals surface area contributed by atoms with Crippen LogP contribution in [0.25, 0.3) is 0 Å². The van der Waals surface area contributed by atoms with E-state index in [0.29, 0.717) is 24.5 Å². The van der Waals surface area contributed by atoms with E-state index in [0.717, 1.165) is 50.9 Å². The predicted molar refractivity (Wildman–Crippen MR) is 130 cm³/mol. The number of likely N-dealkylation sites (tertiary alicyclic amines) is 1. The van der Waals surface area contributed by atoms with E-state index < -0.39 is 6.10 Å². The summed E-state index contributed by atoms with van der Waals surface area (Å²) >= 11 is 0. The first kappa shape index (κ1) is 22.8. The minimum atomic E-state index is -0.634. The molecular weight excluding hydrogens is 430 g/mol. The number of aliphatic hydroxyl groups is 1. The molecule has 0 radical (unpaired) electrons. The quantitative estimate of drug-likeness (QED) is 0.623. The van der Waals surface area contributed by atoms with Gasteiger partial charge in [-0.2, -0.15) is 0 Å². The molecule has 3 aliphatic rings. The minimum absolute atomic E-state index is 0.0478. The third kappa shape index (κ3) is 4.79. The van der Waals surface area contributed by atoms with Gasteiger partial charge in [-0.05, 0) is 48.4 Å². The standard InChI is InChI=1S/C26H33N5O3/c1-17(32)30-10-7-21(8-11-30)29-25-13-22-20(15-28-25)6-9-31(26(22)34)16-24(33)23-12-18-4-2-3-5-19(18)14-27-23/h2-5,13,15,21,23-24,27,33H,6-12,14,16H2,1H3,(H,28,29)/t23-,24+/m0/s1. The number of fused-ring (bicyclic) bond motifs is 2. The number of nitrogens with one attached hydrogen (secondary N) is 2. The molecule has 1 aromatic carbocycles. The molecule has 8 heteroatoms. The van der Waals surface area contributed by atoms with E-state index in [1.807, 2.05) is 23.1 Å². The van der Waals surface area contributed by atoms with Crippen molar-refractivity contribution in [3.05, 3.63) is 58.8 Å². The number of pyridine rings is 1. The largest absolute Gasteiger partial charge is 0.390 e. The summed E-state index contributed by atoms with van der Waals surface area (Å²) in [5.74, 6) is 0.764. The maximum absolute atomic E-state index is 13.3. The van der Waals surface area contributed by atoms with Crippen LogP contribution in [0.2, 0.25) is 0 Å². The van der Waals surface area contributed by atoms with Crippen LogP contribution < -0.4 is 10.6 Å². The average Bonchev–Trinajstić information content (AvgIpc) is 2.86. The van der Waals surface area contributed by atoms with Gasteiger partial charge in [-0.3, -0.25) is 9.59 Å². The number of amides is 2. The normalized spacial score (nSPS) is 21.6. The fourth-order valence-corrected chi connectivity index (χ4v) is 5.31. The number of hydrogen-bond donors (Lipinski definition) is 3. The van der Waals surface area contributed by atoms with Crippen molar-refractivity contribution in [3.63, 3.8) is 0 Å². The van der Waals surface area contributed by atoms with Gasteiger partial charge in [0, 0.05) is 63.5 Å². The molecule has 8 nitrogen and oxygen atoms in total. The molecule has 0 saturated carbocycles. The van der Waals surface area contributed by atoms with Gasteiger partial charge in [0.25, 0.3) is 5.91 Å². The van der Waals surface area contributed by atoms with Gasteiger partial charge < -0.3 is 25.5 Å². The van der Waals surface area contributed by atoms with Crippen molar-refractivity contribution in [3.8, 4) is 0 Å². The molecule has 0 unspecified atom stereocenters. The van der Waals surface area contributed by atoms with Crippen LogP contribution in [-0.2, 0) is 24.2 Å². The maximum Gasteiger partial charge on any atom is 0.254 e. The Hall–Kier alpha value is -2.97. The van der Waals surface area contributed by atoms with Crippen molar-refractivity contribution in [1.29, 1.82) is 0 Å². The fourth-order valence-electron chi connectivity index (χ4n) is 5.31. The summed E-state index contributed by atoms with van der Waals surface area (Å²) in [5.41, 5.74) is 4.15. The number of anilines is 1. The molecule has 2 aromatic rings. The number of rotatable bonds is 5. The lowest BCUT2D eigenvalue weighted by molar-refractivity contribution is -0.129. The van der Waals surface area contributed by atoms with Gasteiger partial charge in [0.05, 0.1) is 6.10 Å². The Balaban J connectivity index is 1.21. The van der Waals surface area contributed by atoms with Gasteiger partial charge in [-0.15, -0.1) is 0 Å². The second-order valence-electron chi connectivity index (χ2n) is 9.68. The molecule has 1 fully saturated rings. The van der Waals surface area contributed by atoms with E-state index in [1.165, 1.54) is 11.1 Å². The third-order valence-electron chi connectivity index (χ3n) is 7.43. The first-order valence-electron chi connectivity index (χ1n) is 12.3. The van der Waals surface area contributed by atoms with E-state index in [-0.39, 0.29) is 23.9 Å². The highest BCUT2D eigenvalue weighted by Gasteiger charge is 2.31. The van der Waals surface area contributed by atoms with Crippen LogP contribution >= 0.6 is 0 Å². The Morgan fingerprint density at radius 2 is 1.97 bits per heavy atom. The number of β-amino-alcohol motifs (C(OH)–C–C–N with tert-alkyl or cyclic N) is 1. The van der Waals surface area contributed by atoms with Crippen LogP contribution in [0.1, 0.15) is 46.8 Å². The highest BCUT2D eigenvalue weighted by molar-refractivity contribution is 5.97. The van der Waals surface area contributed by atoms with Gasteiger partial charge in [0.2, 0.25) is 5.91 Å². The molecule has 5 rings (SSSR count). The summed E-state index contributed by atoms with van der Waals surface area (Å²) in [6, 6.07) is 10.3. The number of carbonyl (C=O) groups is 2. The van der Waals surface area contributed by atoms with E-state index >= 15 is 0 Å². The Morgan fingerprint density at radius 3 is 2.74 bits per heavy atom. The number of benzene rings is 1. The molecule has 34 heavy (non-hydrogen) atoms. The smallest absolute Gasteiger partial charge is 0.254 e. The number of nitrogens with zero attached hydrogens (tertiary/aromatic N) is 3. The zero-order valence-corrected chi connectivity index (χ0v) is 19.7. The summed E-state index contributed by atoms with van der Waals surface area (Å²) in [6.07, 6.45) is 4.39. The molecule has 180 valence electrons. The third-order valence-corrected chi connectivity index (χ3v) is 7.43. The van der Waals surface area contributed by atoms with Crippen molar-refractivity contribution in [2.75, 3.05) is 31.5 Å². The van der Waals surface area contributed by atoms with Gasteiger partial charge in [-0.1, -0.05) is 24.3 Å². The first-order valence-corrected chi connectivity index (χ1v) is 12.3. The molecule has 3 N–H and O–H groups in total. The van der Waals surface area contributed by atoms with Gasteiger partial charge >= 0.3 is 0 Å². The van der Waals surface area contributed by atoms with Crippen LogP contribution in [0.4, 0.5) is 5.82 Å². The summed E-state index contributed by atoms with van der Waals surface area (Å²) in [6.45, 7) is 4.72. The van der Waals surface area contributed by atoms with Crippen molar-refractivity contribution in [1.82, 2.24) is 20.1 Å². The van der Waals surface area contributed by atoms with Crippen LogP contribution in [-0.4, -0.2) is 76.1 Å². The minimum Gasteiger partial charge on any atom is -0.390 e. The Labute approximate surface area is 200 Å². The molecule has 4 heterocycles. The number of piperidine rings is 1. The van der Waals surface area contributed by atoms with Crippen molar-refractivity contribution < 1.29 is 14.7 Å².